The van der Waals surface area contributed by atoms with Gasteiger partial charge in [-0.25, -0.2) is 0 Å². The van der Waals surface area contributed by atoms with E-state index in [1.807, 2.05) is 25.1 Å². The van der Waals surface area contributed by atoms with Crippen LogP contribution in [0.15, 0.2) is 53.4 Å². The Morgan fingerprint density at radius 3 is 2.55 bits per heavy atom. The Bertz CT molecular complexity index is 780. The number of benzene rings is 2. The van der Waals surface area contributed by atoms with Gasteiger partial charge < -0.3 is 4.74 Å². The Morgan fingerprint density at radius 1 is 1.05 bits per heavy atom. The van der Waals surface area contributed by atoms with Gasteiger partial charge in [0.1, 0.15) is 10.6 Å². The highest BCUT2D eigenvalue weighted by atomic mass is 32.2. The molecule has 0 N–H and O–H groups in total. The molecule has 1 heterocycles. The van der Waals surface area contributed by atoms with Crippen LogP contribution in [0.5, 0.6) is 5.75 Å². The second kappa shape index (κ2) is 4.76. The highest BCUT2D eigenvalue weighted by molar-refractivity contribution is 7.85. The van der Waals surface area contributed by atoms with E-state index in [0.29, 0.717) is 0 Å². The molecule has 1 aliphatic heterocycles. The van der Waals surface area contributed by atoms with Crippen molar-refractivity contribution in [1.29, 1.82) is 0 Å². The second-order valence-corrected chi connectivity index (χ2v) is 6.49. The molecular weight excluding hydrogens is 274 g/mol. The minimum absolute atomic E-state index is 0.00488. The molecule has 102 valence electrons. The Labute approximate surface area is 118 Å². The maximum absolute atomic E-state index is 12.5. The number of para-hydroxylation sites is 1. The zero-order valence-corrected chi connectivity index (χ0v) is 11.8. The molecule has 5 heteroatoms. The first-order valence-electron chi connectivity index (χ1n) is 6.23. The number of sulfonamides is 1. The molecule has 0 saturated carbocycles. The van der Waals surface area contributed by atoms with Gasteiger partial charge in [-0.05, 0) is 30.7 Å². The maximum Gasteiger partial charge on any atom is 0.397 e. The van der Waals surface area contributed by atoms with Gasteiger partial charge in [0.25, 0.3) is 0 Å². The number of nitrogens with zero attached hydrogens (tertiary/aromatic N) is 1. The lowest BCUT2D eigenvalue weighted by molar-refractivity contribution is -0.408. The molecule has 20 heavy (non-hydrogen) atoms. The van der Waals surface area contributed by atoms with Crippen LogP contribution in [-0.2, 0) is 10.0 Å². The third-order valence-electron chi connectivity index (χ3n) is 3.21. The van der Waals surface area contributed by atoms with Crippen molar-refractivity contribution in [3.05, 3.63) is 59.7 Å². The fourth-order valence-corrected chi connectivity index (χ4v) is 3.38. The summed E-state index contributed by atoms with van der Waals surface area (Å²) in [5, 5.41) is 0. The Hall–Kier alpha value is -2.14. The Morgan fingerprint density at radius 2 is 1.80 bits per heavy atom. The molecule has 0 aromatic heterocycles. The third kappa shape index (κ3) is 2.10. The van der Waals surface area contributed by atoms with E-state index in [2.05, 4.69) is 0 Å². The van der Waals surface area contributed by atoms with Crippen LogP contribution in [0.3, 0.4) is 0 Å². The van der Waals surface area contributed by atoms with Crippen molar-refractivity contribution in [3.8, 4) is 5.75 Å². The van der Waals surface area contributed by atoms with Crippen LogP contribution in [0, 0.1) is 6.92 Å². The molecule has 2 aromatic rings. The van der Waals surface area contributed by atoms with Crippen LogP contribution in [0.1, 0.15) is 11.1 Å². The molecule has 0 spiro atoms. The summed E-state index contributed by atoms with van der Waals surface area (Å²) in [5.41, 5.74) is 1.77. The molecule has 0 aliphatic carbocycles. The van der Waals surface area contributed by atoms with Crippen molar-refractivity contribution in [3.63, 3.8) is 0 Å². The highest BCUT2D eigenvalue weighted by Gasteiger charge is 2.31. The van der Waals surface area contributed by atoms with E-state index in [0.717, 1.165) is 16.9 Å². The number of ether oxygens (including phenoxy) is 1. The van der Waals surface area contributed by atoms with E-state index in [1.54, 1.807) is 36.5 Å². The average molecular weight is 288 g/mol. The third-order valence-corrected chi connectivity index (χ3v) is 4.91. The molecule has 2 aromatic carbocycles. The number of aryl methyl sites for hydroxylation is 1. The molecule has 0 bridgehead atoms. The SMILES string of the molecule is Cc1cccc2c1OC[N+](S(=O)(=O)c1ccccc1)=C2. The van der Waals surface area contributed by atoms with Crippen LogP contribution in [0.2, 0.25) is 0 Å². The quantitative estimate of drug-likeness (QED) is 0.796. The monoisotopic (exact) mass is 288 g/mol. The first-order valence-corrected chi connectivity index (χ1v) is 7.67. The van der Waals surface area contributed by atoms with Crippen molar-refractivity contribution in [2.45, 2.75) is 11.8 Å². The summed E-state index contributed by atoms with van der Waals surface area (Å²) in [4.78, 5) is 0.260. The fraction of sp³-hybridized carbons (Fsp3) is 0.133. The normalized spacial score (nSPS) is 14.2. The van der Waals surface area contributed by atoms with Crippen molar-refractivity contribution in [2.75, 3.05) is 6.73 Å². The second-order valence-electron chi connectivity index (χ2n) is 4.60. The lowest BCUT2D eigenvalue weighted by Crippen LogP contribution is -2.30. The number of hydrogen-bond acceptors (Lipinski definition) is 3. The first kappa shape index (κ1) is 12.9. The predicted molar refractivity (Wildman–Crippen MR) is 75.7 cm³/mol. The Kier molecular flexibility index (Phi) is 3.06. The molecule has 0 radical (unpaired) electrons. The zero-order chi connectivity index (χ0) is 14.2. The van der Waals surface area contributed by atoms with Crippen LogP contribution in [0.4, 0.5) is 0 Å². The summed E-state index contributed by atoms with van der Waals surface area (Å²) in [7, 11) is -3.56. The molecule has 1 aliphatic rings. The van der Waals surface area contributed by atoms with Gasteiger partial charge in [0.05, 0.1) is 5.56 Å². The van der Waals surface area contributed by atoms with Crippen LogP contribution in [-0.4, -0.2) is 25.3 Å². The summed E-state index contributed by atoms with van der Waals surface area (Å²) in [6.45, 7) is 1.93. The van der Waals surface area contributed by atoms with Crippen molar-refractivity contribution >= 4 is 16.2 Å². The minimum atomic E-state index is -3.56. The lowest BCUT2D eigenvalue weighted by atomic mass is 10.1. The van der Waals surface area contributed by atoms with Gasteiger partial charge in [-0.2, -0.15) is 8.42 Å². The average Bonchev–Trinajstić information content (AvgIpc) is 2.48. The molecule has 0 unspecified atom stereocenters. The number of hydrogen-bond donors (Lipinski definition) is 0. The standard InChI is InChI=1S/C15H14NO3S/c1-12-6-5-7-13-10-16(11-19-15(12)13)20(17,18)14-8-3-2-4-9-14/h2-10H,11H2,1H3/q+1. The van der Waals surface area contributed by atoms with E-state index < -0.39 is 10.0 Å². The van der Waals surface area contributed by atoms with Gasteiger partial charge in [0, 0.05) is 0 Å². The molecule has 4 nitrogen and oxygen atoms in total. The summed E-state index contributed by atoms with van der Waals surface area (Å²) in [6.07, 6.45) is 1.62. The van der Waals surface area contributed by atoms with Crippen molar-refractivity contribution < 1.29 is 17.1 Å². The Balaban J connectivity index is 2.09. The summed E-state index contributed by atoms with van der Waals surface area (Å²) < 4.78 is 31.8. The van der Waals surface area contributed by atoms with E-state index in [-0.39, 0.29) is 11.6 Å². The maximum atomic E-state index is 12.5. The van der Waals surface area contributed by atoms with E-state index in [1.165, 1.54) is 3.98 Å². The van der Waals surface area contributed by atoms with Crippen molar-refractivity contribution in [2.24, 2.45) is 0 Å². The molecular formula is C15H14NO3S+. The zero-order valence-electron chi connectivity index (χ0n) is 11.0. The van der Waals surface area contributed by atoms with E-state index >= 15 is 0 Å². The molecule has 3 rings (SSSR count). The first-order chi connectivity index (χ1) is 9.59. The van der Waals surface area contributed by atoms with E-state index in [4.69, 9.17) is 4.74 Å². The smallest absolute Gasteiger partial charge is 0.397 e. The van der Waals surface area contributed by atoms with Crippen LogP contribution in [0.25, 0.3) is 0 Å². The lowest BCUT2D eigenvalue weighted by Gasteiger charge is -2.15. The minimum Gasteiger partial charge on any atom is -0.434 e. The van der Waals surface area contributed by atoms with Gasteiger partial charge >= 0.3 is 16.8 Å². The largest absolute Gasteiger partial charge is 0.434 e. The predicted octanol–water partition coefficient (Wildman–Crippen LogP) is 2.17. The number of fused-ring (bicyclic) bond motifs is 1. The van der Waals surface area contributed by atoms with Gasteiger partial charge in [0.15, 0.2) is 6.21 Å². The topological polar surface area (TPSA) is 46.4 Å². The van der Waals surface area contributed by atoms with Crippen LogP contribution < -0.4 is 4.74 Å². The molecule has 0 atom stereocenters. The highest BCUT2D eigenvalue weighted by Crippen LogP contribution is 2.25. The van der Waals surface area contributed by atoms with Gasteiger partial charge in [0.2, 0.25) is 0 Å². The summed E-state index contributed by atoms with van der Waals surface area (Å²) >= 11 is 0. The van der Waals surface area contributed by atoms with Gasteiger partial charge in [-0.15, -0.1) is 0 Å². The molecule has 0 saturated heterocycles. The fourth-order valence-electron chi connectivity index (χ4n) is 2.16. The van der Waals surface area contributed by atoms with Crippen LogP contribution >= 0.6 is 0 Å². The van der Waals surface area contributed by atoms with Crippen molar-refractivity contribution in [1.82, 2.24) is 0 Å². The summed E-state index contributed by atoms with van der Waals surface area (Å²) in [6, 6.07) is 14.0. The van der Waals surface area contributed by atoms with Gasteiger partial charge in [-0.3, -0.25) is 0 Å². The van der Waals surface area contributed by atoms with Gasteiger partial charge in [-0.1, -0.05) is 34.3 Å². The number of rotatable bonds is 2. The molecule has 0 amide bonds. The molecule has 0 fully saturated rings. The van der Waals surface area contributed by atoms with E-state index in [9.17, 15) is 8.42 Å². The summed E-state index contributed by atoms with van der Waals surface area (Å²) in [5.74, 6) is 0.743.